The van der Waals surface area contributed by atoms with Crippen LogP contribution < -0.4 is 20.1 Å². The molecule has 1 amide bonds. The van der Waals surface area contributed by atoms with Crippen molar-refractivity contribution in [1.29, 1.82) is 0 Å². The molecular formula is C22H19N3O5S. The van der Waals surface area contributed by atoms with E-state index in [1.807, 2.05) is 30.3 Å². The molecule has 0 atom stereocenters. The molecule has 0 bridgehead atoms. The second-order valence-electron chi connectivity index (χ2n) is 6.25. The number of non-ortho nitro benzene ring substituents is 1. The summed E-state index contributed by atoms with van der Waals surface area (Å²) >= 11 is 5.15. The Morgan fingerprint density at radius 1 is 0.871 bits per heavy atom. The van der Waals surface area contributed by atoms with Crippen LogP contribution >= 0.6 is 12.2 Å². The molecule has 0 fully saturated rings. The van der Waals surface area contributed by atoms with Crippen molar-refractivity contribution in [2.75, 3.05) is 18.5 Å². The molecule has 0 aromatic heterocycles. The number of ether oxygens (including phenoxy) is 2. The van der Waals surface area contributed by atoms with Gasteiger partial charge in [-0.2, -0.15) is 0 Å². The number of carbonyl (C=O) groups excluding carboxylic acids is 1. The maximum atomic E-state index is 12.2. The quantitative estimate of drug-likeness (QED) is 0.236. The third-order valence-electron chi connectivity index (χ3n) is 4.04. The summed E-state index contributed by atoms with van der Waals surface area (Å²) in [7, 11) is 0. The maximum Gasteiger partial charge on any atom is 0.269 e. The minimum absolute atomic E-state index is 0.0915. The average molecular weight is 437 g/mol. The Morgan fingerprint density at radius 3 is 2.03 bits per heavy atom. The number of nitrogens with one attached hydrogen (secondary N) is 2. The van der Waals surface area contributed by atoms with Gasteiger partial charge in [0, 0.05) is 23.4 Å². The number of nitro groups is 1. The lowest BCUT2D eigenvalue weighted by Crippen LogP contribution is -2.34. The van der Waals surface area contributed by atoms with E-state index >= 15 is 0 Å². The van der Waals surface area contributed by atoms with E-state index in [1.165, 1.54) is 24.3 Å². The van der Waals surface area contributed by atoms with E-state index in [0.717, 1.165) is 5.75 Å². The Kier molecular flexibility index (Phi) is 7.50. The number of hydrogen-bond donors (Lipinski definition) is 2. The zero-order chi connectivity index (χ0) is 22.1. The lowest BCUT2D eigenvalue weighted by Gasteiger charge is -2.11. The number of hydrogen-bond acceptors (Lipinski definition) is 6. The van der Waals surface area contributed by atoms with Crippen LogP contribution in [0.5, 0.6) is 11.5 Å². The Morgan fingerprint density at radius 2 is 1.45 bits per heavy atom. The molecule has 0 radical (unpaired) electrons. The van der Waals surface area contributed by atoms with Gasteiger partial charge in [0.2, 0.25) is 0 Å². The first kappa shape index (κ1) is 21.7. The van der Waals surface area contributed by atoms with Crippen molar-refractivity contribution in [3.63, 3.8) is 0 Å². The molecule has 9 heteroatoms. The van der Waals surface area contributed by atoms with E-state index in [2.05, 4.69) is 10.6 Å². The minimum atomic E-state index is -0.530. The SMILES string of the molecule is O=C(NC(=S)Nc1ccc(OCCOc2ccccc2)cc1)c1ccc([N+](=O)[O-])cc1. The Labute approximate surface area is 184 Å². The summed E-state index contributed by atoms with van der Waals surface area (Å²) in [6.45, 7) is 0.814. The molecule has 31 heavy (non-hydrogen) atoms. The predicted octanol–water partition coefficient (Wildman–Crippen LogP) is 4.18. The van der Waals surface area contributed by atoms with Gasteiger partial charge in [-0.15, -0.1) is 0 Å². The number of rotatable bonds is 8. The van der Waals surface area contributed by atoms with E-state index in [9.17, 15) is 14.9 Å². The van der Waals surface area contributed by atoms with Gasteiger partial charge < -0.3 is 14.8 Å². The fourth-order valence-electron chi connectivity index (χ4n) is 2.54. The standard InChI is InChI=1S/C22H19N3O5S/c26-21(16-6-10-18(11-7-16)25(27)28)24-22(31)23-17-8-12-20(13-9-17)30-15-14-29-19-4-2-1-3-5-19/h1-13H,14-15H2,(H2,23,24,26,31). The Balaban J connectivity index is 1.42. The van der Waals surface area contributed by atoms with Crippen molar-refractivity contribution in [3.8, 4) is 11.5 Å². The molecule has 0 spiro atoms. The maximum absolute atomic E-state index is 12.2. The molecule has 0 aliphatic carbocycles. The van der Waals surface area contributed by atoms with Crippen molar-refractivity contribution in [2.24, 2.45) is 0 Å². The van der Waals surface area contributed by atoms with Crippen molar-refractivity contribution < 1.29 is 19.2 Å². The van der Waals surface area contributed by atoms with Crippen LogP contribution in [0.15, 0.2) is 78.9 Å². The normalized spacial score (nSPS) is 10.1. The molecule has 158 valence electrons. The highest BCUT2D eigenvalue weighted by molar-refractivity contribution is 7.80. The van der Waals surface area contributed by atoms with Gasteiger partial charge in [0.05, 0.1) is 4.92 Å². The zero-order valence-electron chi connectivity index (χ0n) is 16.3. The molecule has 8 nitrogen and oxygen atoms in total. The van der Waals surface area contributed by atoms with Gasteiger partial charge in [0.25, 0.3) is 11.6 Å². The lowest BCUT2D eigenvalue weighted by atomic mass is 10.2. The predicted molar refractivity (Wildman–Crippen MR) is 121 cm³/mol. The van der Waals surface area contributed by atoms with Gasteiger partial charge in [-0.1, -0.05) is 18.2 Å². The van der Waals surface area contributed by atoms with Gasteiger partial charge in [-0.05, 0) is 60.7 Å². The minimum Gasteiger partial charge on any atom is -0.490 e. The molecule has 3 rings (SSSR count). The van der Waals surface area contributed by atoms with Gasteiger partial charge >= 0.3 is 0 Å². The van der Waals surface area contributed by atoms with Crippen molar-refractivity contribution >= 4 is 34.6 Å². The van der Waals surface area contributed by atoms with Crippen LogP contribution in [0, 0.1) is 10.1 Å². The number of thiocarbonyl (C=S) groups is 1. The Hall–Kier alpha value is -3.98. The zero-order valence-corrected chi connectivity index (χ0v) is 17.1. The summed E-state index contributed by atoms with van der Waals surface area (Å²) < 4.78 is 11.2. The second-order valence-corrected chi connectivity index (χ2v) is 6.65. The second kappa shape index (κ2) is 10.7. The number of nitrogens with zero attached hydrogens (tertiary/aromatic N) is 1. The molecule has 0 saturated heterocycles. The van der Waals surface area contributed by atoms with Crippen LogP contribution in [0.25, 0.3) is 0 Å². The van der Waals surface area contributed by atoms with Crippen LogP contribution in [-0.4, -0.2) is 29.2 Å². The van der Waals surface area contributed by atoms with Crippen LogP contribution in [0.4, 0.5) is 11.4 Å². The van der Waals surface area contributed by atoms with Crippen molar-refractivity contribution in [3.05, 3.63) is 94.5 Å². The molecule has 0 aliphatic heterocycles. The summed E-state index contributed by atoms with van der Waals surface area (Å²) in [5, 5.41) is 16.2. The van der Waals surface area contributed by atoms with Crippen LogP contribution in [-0.2, 0) is 0 Å². The fourth-order valence-corrected chi connectivity index (χ4v) is 2.75. The van der Waals surface area contributed by atoms with Crippen molar-refractivity contribution in [2.45, 2.75) is 0 Å². The summed E-state index contributed by atoms with van der Waals surface area (Å²) in [6, 6.07) is 21.8. The molecule has 3 aromatic carbocycles. The molecule has 0 saturated carbocycles. The van der Waals surface area contributed by atoms with E-state index in [4.69, 9.17) is 21.7 Å². The molecule has 2 N–H and O–H groups in total. The largest absolute Gasteiger partial charge is 0.490 e. The summed E-state index contributed by atoms with van der Waals surface area (Å²) in [5.41, 5.74) is 0.837. The number of amides is 1. The highest BCUT2D eigenvalue weighted by Crippen LogP contribution is 2.16. The molecule has 3 aromatic rings. The van der Waals surface area contributed by atoms with E-state index in [0.29, 0.717) is 24.7 Å². The first-order chi connectivity index (χ1) is 15.0. The van der Waals surface area contributed by atoms with Gasteiger partial charge in [-0.25, -0.2) is 0 Å². The first-order valence-electron chi connectivity index (χ1n) is 9.29. The summed E-state index contributed by atoms with van der Waals surface area (Å²) in [4.78, 5) is 22.3. The average Bonchev–Trinajstić information content (AvgIpc) is 2.78. The number of carbonyl (C=O) groups is 1. The smallest absolute Gasteiger partial charge is 0.269 e. The van der Waals surface area contributed by atoms with Crippen LogP contribution in [0.2, 0.25) is 0 Å². The third kappa shape index (κ3) is 6.79. The van der Waals surface area contributed by atoms with E-state index in [1.54, 1.807) is 24.3 Å². The topological polar surface area (TPSA) is 103 Å². The molecule has 0 heterocycles. The van der Waals surface area contributed by atoms with E-state index in [-0.39, 0.29) is 16.4 Å². The molecule has 0 aliphatic rings. The van der Waals surface area contributed by atoms with E-state index < -0.39 is 10.8 Å². The lowest BCUT2D eigenvalue weighted by molar-refractivity contribution is -0.384. The number of benzene rings is 3. The van der Waals surface area contributed by atoms with Crippen LogP contribution in [0.1, 0.15) is 10.4 Å². The molecular weight excluding hydrogens is 418 g/mol. The first-order valence-corrected chi connectivity index (χ1v) is 9.69. The monoisotopic (exact) mass is 437 g/mol. The number of nitro benzene ring substituents is 1. The Bertz CT molecular complexity index is 1040. The third-order valence-corrected chi connectivity index (χ3v) is 4.25. The highest BCUT2D eigenvalue weighted by atomic mass is 32.1. The highest BCUT2D eigenvalue weighted by Gasteiger charge is 2.11. The van der Waals surface area contributed by atoms with Gasteiger partial charge in [0.1, 0.15) is 24.7 Å². The summed E-state index contributed by atoms with van der Waals surface area (Å²) in [6.07, 6.45) is 0. The number of para-hydroxylation sites is 1. The van der Waals surface area contributed by atoms with Gasteiger partial charge in [-0.3, -0.25) is 20.2 Å². The fraction of sp³-hybridized carbons (Fsp3) is 0.0909. The number of anilines is 1. The van der Waals surface area contributed by atoms with Crippen LogP contribution in [0.3, 0.4) is 0 Å². The van der Waals surface area contributed by atoms with Crippen molar-refractivity contribution in [1.82, 2.24) is 5.32 Å². The summed E-state index contributed by atoms with van der Waals surface area (Å²) in [5.74, 6) is 0.990. The van der Waals surface area contributed by atoms with Gasteiger partial charge in [0.15, 0.2) is 5.11 Å². The molecule has 0 unspecified atom stereocenters.